The van der Waals surface area contributed by atoms with Crippen LogP contribution < -0.4 is 10.2 Å². The fraction of sp³-hybridized carbons (Fsp3) is 0.0500. The van der Waals surface area contributed by atoms with Gasteiger partial charge in [-0.05, 0) is 48.5 Å². The van der Waals surface area contributed by atoms with Gasteiger partial charge in [0, 0.05) is 12.3 Å². The van der Waals surface area contributed by atoms with Gasteiger partial charge in [0.2, 0.25) is 5.43 Å². The highest BCUT2D eigenvalue weighted by Gasteiger charge is 2.31. The van der Waals surface area contributed by atoms with E-state index in [0.29, 0.717) is 17.1 Å². The van der Waals surface area contributed by atoms with Gasteiger partial charge >= 0.3 is 6.36 Å². The summed E-state index contributed by atoms with van der Waals surface area (Å²) in [5.41, 5.74) is 0.774. The highest BCUT2D eigenvalue weighted by molar-refractivity contribution is 5.57. The van der Waals surface area contributed by atoms with E-state index in [4.69, 9.17) is 0 Å². The number of hydrogen-bond donors (Lipinski definition) is 0. The van der Waals surface area contributed by atoms with E-state index < -0.39 is 17.6 Å². The summed E-state index contributed by atoms with van der Waals surface area (Å²) in [7, 11) is 0. The molecule has 0 saturated carbocycles. The van der Waals surface area contributed by atoms with Crippen molar-refractivity contribution in [3.63, 3.8) is 0 Å². The second-order valence-corrected chi connectivity index (χ2v) is 6.12. The van der Waals surface area contributed by atoms with Gasteiger partial charge < -0.3 is 4.74 Å². The van der Waals surface area contributed by atoms with Gasteiger partial charge in [0.25, 0.3) is 0 Å². The lowest BCUT2D eigenvalue weighted by atomic mass is 10.2. The Kier molecular flexibility index (Phi) is 4.82. The molecule has 6 nitrogen and oxygen atoms in total. The molecule has 10 heteroatoms. The van der Waals surface area contributed by atoms with Crippen LogP contribution >= 0.6 is 0 Å². The molecule has 0 amide bonds. The molecule has 2 aromatic heterocycles. The number of aromatic nitrogens is 4. The monoisotopic (exact) mass is 416 g/mol. The van der Waals surface area contributed by atoms with E-state index in [2.05, 4.69) is 14.9 Å². The van der Waals surface area contributed by atoms with Crippen molar-refractivity contribution in [2.45, 2.75) is 6.36 Å². The third-order valence-corrected chi connectivity index (χ3v) is 4.08. The second-order valence-electron chi connectivity index (χ2n) is 6.12. The minimum atomic E-state index is -4.79. The molecule has 4 aromatic rings. The van der Waals surface area contributed by atoms with Crippen LogP contribution in [0.5, 0.6) is 5.75 Å². The standard InChI is InChI=1S/C20H12F4N4O2/c21-13-2-1-3-15(12-13)28-17(8-10-25-28)19-18(29)9-11-27(26-19)14-4-6-16(7-5-14)30-20(22,23)24/h1-12H. The van der Waals surface area contributed by atoms with Crippen molar-refractivity contribution < 1.29 is 22.3 Å². The van der Waals surface area contributed by atoms with Crippen LogP contribution in [0, 0.1) is 5.82 Å². The highest BCUT2D eigenvalue weighted by Crippen LogP contribution is 2.24. The largest absolute Gasteiger partial charge is 0.573 e. The second kappa shape index (κ2) is 7.47. The predicted molar refractivity (Wildman–Crippen MR) is 99.0 cm³/mol. The number of halogens is 4. The molecule has 30 heavy (non-hydrogen) atoms. The molecule has 0 atom stereocenters. The maximum atomic E-state index is 13.6. The molecule has 0 unspecified atom stereocenters. The molecule has 0 bridgehead atoms. The molecule has 0 saturated heterocycles. The summed E-state index contributed by atoms with van der Waals surface area (Å²) < 4.78 is 57.1. The van der Waals surface area contributed by atoms with Crippen LogP contribution in [-0.4, -0.2) is 25.9 Å². The first kappa shape index (κ1) is 19.4. The van der Waals surface area contributed by atoms with Gasteiger partial charge in [-0.3, -0.25) is 4.79 Å². The SMILES string of the molecule is O=c1ccn(-c2ccc(OC(F)(F)F)cc2)nc1-c1ccnn1-c1cccc(F)c1. The molecule has 0 aliphatic heterocycles. The van der Waals surface area contributed by atoms with Crippen molar-refractivity contribution in [2.24, 2.45) is 0 Å². The van der Waals surface area contributed by atoms with Gasteiger partial charge in [0.05, 0.1) is 23.3 Å². The molecule has 0 N–H and O–H groups in total. The summed E-state index contributed by atoms with van der Waals surface area (Å²) in [6, 6.07) is 13.5. The van der Waals surface area contributed by atoms with E-state index in [1.807, 2.05) is 0 Å². The van der Waals surface area contributed by atoms with Gasteiger partial charge in [-0.25, -0.2) is 13.8 Å². The van der Waals surface area contributed by atoms with Crippen LogP contribution in [0.4, 0.5) is 17.6 Å². The van der Waals surface area contributed by atoms with E-state index in [9.17, 15) is 22.4 Å². The summed E-state index contributed by atoms with van der Waals surface area (Å²) in [6.45, 7) is 0. The first-order valence-electron chi connectivity index (χ1n) is 8.57. The van der Waals surface area contributed by atoms with Crippen molar-refractivity contribution >= 4 is 0 Å². The zero-order valence-corrected chi connectivity index (χ0v) is 15.0. The normalized spacial score (nSPS) is 11.5. The Morgan fingerprint density at radius 2 is 1.70 bits per heavy atom. The lowest BCUT2D eigenvalue weighted by Crippen LogP contribution is -2.17. The Bertz CT molecular complexity index is 1250. The topological polar surface area (TPSA) is 61.9 Å². The van der Waals surface area contributed by atoms with E-state index >= 15 is 0 Å². The number of rotatable bonds is 4. The fourth-order valence-corrected chi connectivity index (χ4v) is 2.83. The summed E-state index contributed by atoms with van der Waals surface area (Å²) in [5, 5.41) is 8.42. The number of hydrogen-bond acceptors (Lipinski definition) is 4. The lowest BCUT2D eigenvalue weighted by molar-refractivity contribution is -0.274. The molecule has 0 radical (unpaired) electrons. The first-order chi connectivity index (χ1) is 14.3. The van der Waals surface area contributed by atoms with E-state index in [1.165, 1.54) is 58.2 Å². The van der Waals surface area contributed by atoms with E-state index in [1.54, 1.807) is 12.1 Å². The fourth-order valence-electron chi connectivity index (χ4n) is 2.83. The van der Waals surface area contributed by atoms with E-state index in [0.717, 1.165) is 12.1 Å². The van der Waals surface area contributed by atoms with Crippen molar-refractivity contribution in [2.75, 3.05) is 0 Å². The van der Waals surface area contributed by atoms with Crippen LogP contribution in [0.3, 0.4) is 0 Å². The molecule has 4 rings (SSSR count). The third kappa shape index (κ3) is 4.07. The van der Waals surface area contributed by atoms with Crippen molar-refractivity contribution in [3.05, 3.63) is 89.1 Å². The molecule has 152 valence electrons. The average Bonchev–Trinajstić information content (AvgIpc) is 3.17. The number of ether oxygens (including phenoxy) is 1. The zero-order chi connectivity index (χ0) is 21.3. The summed E-state index contributed by atoms with van der Waals surface area (Å²) in [6.07, 6.45) is -1.96. The molecule has 0 fully saturated rings. The Labute approximate surface area is 166 Å². The third-order valence-electron chi connectivity index (χ3n) is 4.08. The van der Waals surface area contributed by atoms with Gasteiger partial charge in [-0.1, -0.05) is 6.07 Å². The van der Waals surface area contributed by atoms with Crippen molar-refractivity contribution in [1.29, 1.82) is 0 Å². The Morgan fingerprint density at radius 3 is 2.40 bits per heavy atom. The Morgan fingerprint density at radius 1 is 0.933 bits per heavy atom. The highest BCUT2D eigenvalue weighted by atomic mass is 19.4. The molecular weight excluding hydrogens is 404 g/mol. The smallest absolute Gasteiger partial charge is 0.406 e. The number of alkyl halides is 3. The van der Waals surface area contributed by atoms with Crippen LogP contribution in [0.2, 0.25) is 0 Å². The quantitative estimate of drug-likeness (QED) is 0.470. The Balaban J connectivity index is 1.72. The van der Waals surface area contributed by atoms with Crippen LogP contribution in [-0.2, 0) is 0 Å². The lowest BCUT2D eigenvalue weighted by Gasteiger charge is -2.11. The summed E-state index contributed by atoms with van der Waals surface area (Å²) in [4.78, 5) is 12.4. The molecule has 0 spiro atoms. The number of benzene rings is 2. The molecule has 0 aliphatic carbocycles. The van der Waals surface area contributed by atoms with Gasteiger partial charge in [-0.2, -0.15) is 10.2 Å². The minimum Gasteiger partial charge on any atom is -0.406 e. The maximum Gasteiger partial charge on any atom is 0.573 e. The van der Waals surface area contributed by atoms with Crippen LogP contribution in [0.25, 0.3) is 22.8 Å². The molecule has 2 aromatic carbocycles. The predicted octanol–water partition coefficient (Wildman–Crippen LogP) is 4.12. The van der Waals surface area contributed by atoms with Crippen molar-refractivity contribution in [1.82, 2.24) is 19.6 Å². The van der Waals surface area contributed by atoms with Crippen LogP contribution in [0.1, 0.15) is 0 Å². The zero-order valence-electron chi connectivity index (χ0n) is 15.0. The summed E-state index contributed by atoms with van der Waals surface area (Å²) in [5.74, 6) is -0.842. The number of nitrogens with zero attached hydrogens (tertiary/aromatic N) is 4. The Hall–Kier alpha value is -3.95. The molecular formula is C20H12F4N4O2. The van der Waals surface area contributed by atoms with Crippen LogP contribution in [0.15, 0.2) is 77.9 Å². The van der Waals surface area contributed by atoms with Gasteiger partial charge in [0.1, 0.15) is 11.6 Å². The van der Waals surface area contributed by atoms with Crippen molar-refractivity contribution in [3.8, 4) is 28.5 Å². The molecule has 2 heterocycles. The maximum absolute atomic E-state index is 13.6. The molecule has 0 aliphatic rings. The first-order valence-corrected chi connectivity index (χ1v) is 8.57. The average molecular weight is 416 g/mol. The van der Waals surface area contributed by atoms with Gasteiger partial charge in [-0.15, -0.1) is 13.2 Å². The van der Waals surface area contributed by atoms with E-state index in [-0.39, 0.29) is 11.4 Å². The van der Waals surface area contributed by atoms with Gasteiger partial charge in [0.15, 0.2) is 5.69 Å². The summed E-state index contributed by atoms with van der Waals surface area (Å²) >= 11 is 0. The minimum absolute atomic E-state index is 0.0369.